The molecular formula is C29H43NO5S. The molecule has 9 atom stereocenters. The molecule has 0 spiro atoms. The average Bonchev–Trinajstić information content (AvgIpc) is 3.58. The van der Waals surface area contributed by atoms with Crippen LogP contribution in [-0.4, -0.2) is 45.8 Å². The van der Waals surface area contributed by atoms with Crippen molar-refractivity contribution in [2.45, 2.75) is 105 Å². The molecule has 1 aliphatic carbocycles. The number of carbonyl (C=O) groups excluding carboxylic acids is 2. The fourth-order valence-electron chi connectivity index (χ4n) is 6.51. The van der Waals surface area contributed by atoms with Gasteiger partial charge in [-0.2, -0.15) is 0 Å². The smallest absolute Gasteiger partial charge is 0.306 e. The lowest BCUT2D eigenvalue weighted by Gasteiger charge is -2.32. The lowest BCUT2D eigenvalue weighted by molar-refractivity contribution is -0.149. The molecule has 36 heavy (non-hydrogen) atoms. The Morgan fingerprint density at radius 3 is 2.53 bits per heavy atom. The van der Waals surface area contributed by atoms with E-state index in [1.807, 2.05) is 46.1 Å². The zero-order chi connectivity index (χ0) is 26.6. The molecule has 7 heteroatoms. The Labute approximate surface area is 219 Å². The van der Waals surface area contributed by atoms with E-state index in [9.17, 15) is 14.7 Å². The van der Waals surface area contributed by atoms with Crippen LogP contribution in [-0.2, 0) is 19.1 Å². The Balaban J connectivity index is 1.58. The highest BCUT2D eigenvalue weighted by molar-refractivity contribution is 7.09. The summed E-state index contributed by atoms with van der Waals surface area (Å²) in [6.45, 7) is 16.0. The zero-order valence-corrected chi connectivity index (χ0v) is 23.9. The number of hydrogen-bond acceptors (Lipinski definition) is 7. The van der Waals surface area contributed by atoms with Crippen molar-refractivity contribution in [2.24, 2.45) is 35.0 Å². The van der Waals surface area contributed by atoms with E-state index in [-0.39, 0.29) is 35.8 Å². The Bertz CT molecular complexity index is 1030. The van der Waals surface area contributed by atoms with E-state index in [0.717, 1.165) is 22.7 Å². The highest BCUT2D eigenvalue weighted by Gasteiger charge is 2.61. The second kappa shape index (κ2) is 9.95. The molecule has 1 aromatic rings. The maximum absolute atomic E-state index is 13.4. The van der Waals surface area contributed by atoms with E-state index in [1.54, 1.807) is 11.3 Å². The minimum Gasteiger partial charge on any atom is -0.458 e. The average molecular weight is 518 g/mol. The number of cyclic esters (lactones) is 1. The lowest BCUT2D eigenvalue weighted by atomic mass is 9.74. The molecule has 3 aliphatic rings. The van der Waals surface area contributed by atoms with Gasteiger partial charge in [0, 0.05) is 29.6 Å². The fraction of sp³-hybridized carbons (Fsp3) is 0.759. The fourth-order valence-corrected chi connectivity index (χ4v) is 7.08. The summed E-state index contributed by atoms with van der Waals surface area (Å²) >= 11 is 1.60. The third kappa shape index (κ3) is 5.63. The number of aromatic nitrogens is 1. The van der Waals surface area contributed by atoms with E-state index in [1.165, 1.54) is 0 Å². The summed E-state index contributed by atoms with van der Waals surface area (Å²) in [7, 11) is 0. The number of aryl methyl sites for hydroxylation is 1. The molecule has 1 N–H and O–H groups in total. The van der Waals surface area contributed by atoms with Crippen LogP contribution < -0.4 is 0 Å². The molecule has 0 radical (unpaired) electrons. The van der Waals surface area contributed by atoms with Crippen LogP contribution in [0, 0.1) is 41.9 Å². The summed E-state index contributed by atoms with van der Waals surface area (Å²) in [5.74, 6) is 0.598. The van der Waals surface area contributed by atoms with Crippen LogP contribution >= 0.6 is 11.3 Å². The Morgan fingerprint density at radius 2 is 1.89 bits per heavy atom. The number of epoxide rings is 1. The van der Waals surface area contributed by atoms with Crippen molar-refractivity contribution >= 4 is 29.2 Å². The van der Waals surface area contributed by atoms with Gasteiger partial charge in [-0.05, 0) is 68.9 Å². The van der Waals surface area contributed by atoms with Crippen LogP contribution in [0.15, 0.2) is 11.0 Å². The molecule has 0 bridgehead atoms. The molecule has 3 fully saturated rings. The Kier molecular flexibility index (Phi) is 7.59. The number of ether oxygens (including phenoxy) is 2. The van der Waals surface area contributed by atoms with Gasteiger partial charge in [-0.1, -0.05) is 34.6 Å². The quantitative estimate of drug-likeness (QED) is 0.405. The van der Waals surface area contributed by atoms with Crippen molar-refractivity contribution in [3.8, 4) is 0 Å². The molecule has 200 valence electrons. The maximum atomic E-state index is 13.4. The van der Waals surface area contributed by atoms with Gasteiger partial charge in [0.2, 0.25) is 0 Å². The molecule has 0 amide bonds. The number of rotatable bonds is 2. The number of ketones is 1. The standard InChI is InChI=1S/C29H43NO5S/c1-15(11-20-14-36-19(5)30-20)22-12-23-29(8,35-23)13-21-16(2)25(21)17(3)26(32)18(4)27(33)28(6,7)10-9-24(31)34-22/h11,14,16-18,21-23,25-26,32H,9-10,12-13H2,1-8H3/b15-11+/t16-,17-,18+,21?,22-,23-,25?,26-,29+/m0/s1. The number of Topliss-reactive ketones (excluding diaryl/α,β-unsaturated/α-hetero) is 1. The summed E-state index contributed by atoms with van der Waals surface area (Å²) in [5, 5.41) is 14.1. The largest absolute Gasteiger partial charge is 0.458 e. The predicted molar refractivity (Wildman–Crippen MR) is 141 cm³/mol. The van der Waals surface area contributed by atoms with Gasteiger partial charge >= 0.3 is 5.97 Å². The van der Waals surface area contributed by atoms with Gasteiger partial charge in [0.1, 0.15) is 11.9 Å². The van der Waals surface area contributed by atoms with Gasteiger partial charge in [-0.25, -0.2) is 4.98 Å². The van der Waals surface area contributed by atoms with Gasteiger partial charge in [-0.15, -0.1) is 11.3 Å². The number of thiazole rings is 1. The van der Waals surface area contributed by atoms with Crippen molar-refractivity contribution in [3.63, 3.8) is 0 Å². The molecule has 1 saturated carbocycles. The third-order valence-electron chi connectivity index (χ3n) is 9.23. The number of aliphatic hydroxyl groups excluding tert-OH is 1. The maximum Gasteiger partial charge on any atom is 0.306 e. The Morgan fingerprint density at radius 1 is 1.19 bits per heavy atom. The number of nitrogens with zero attached hydrogens (tertiary/aromatic N) is 1. The monoisotopic (exact) mass is 517 g/mol. The molecule has 4 rings (SSSR count). The van der Waals surface area contributed by atoms with E-state index >= 15 is 0 Å². The zero-order valence-electron chi connectivity index (χ0n) is 23.0. The Hall–Kier alpha value is -1.57. The molecular weight excluding hydrogens is 474 g/mol. The van der Waals surface area contributed by atoms with Crippen LogP contribution in [0.25, 0.3) is 6.08 Å². The summed E-state index contributed by atoms with van der Waals surface area (Å²) < 4.78 is 12.2. The first-order valence-electron chi connectivity index (χ1n) is 13.4. The SMILES string of the molecule is C/C(=C\c1csc(C)n1)[C@@H]1C[C@@H]2O[C@]2(C)CC2C([C@H]2C)[C@H](C)[C@H](O)[C@@H](C)C(=O)C(C)(C)CCC(=O)O1. The van der Waals surface area contributed by atoms with Gasteiger partial charge in [0.05, 0.1) is 28.5 Å². The van der Waals surface area contributed by atoms with Crippen LogP contribution in [0.3, 0.4) is 0 Å². The van der Waals surface area contributed by atoms with E-state index in [0.29, 0.717) is 30.6 Å². The number of esters is 1. The first-order chi connectivity index (χ1) is 16.7. The van der Waals surface area contributed by atoms with Crippen molar-refractivity contribution < 1.29 is 24.2 Å². The summed E-state index contributed by atoms with van der Waals surface area (Å²) in [4.78, 5) is 30.9. The van der Waals surface area contributed by atoms with Gasteiger partial charge in [0.15, 0.2) is 0 Å². The summed E-state index contributed by atoms with van der Waals surface area (Å²) in [5.41, 5.74) is 0.856. The van der Waals surface area contributed by atoms with E-state index in [4.69, 9.17) is 9.47 Å². The minimum atomic E-state index is -0.721. The van der Waals surface area contributed by atoms with Crippen LogP contribution in [0.5, 0.6) is 0 Å². The van der Waals surface area contributed by atoms with Crippen molar-refractivity contribution in [2.75, 3.05) is 0 Å². The molecule has 2 unspecified atom stereocenters. The normalized spacial score (nSPS) is 41.8. The van der Waals surface area contributed by atoms with Crippen molar-refractivity contribution in [1.82, 2.24) is 4.98 Å². The highest BCUT2D eigenvalue weighted by atomic mass is 32.1. The molecule has 2 saturated heterocycles. The summed E-state index contributed by atoms with van der Waals surface area (Å²) in [6, 6.07) is 0. The van der Waals surface area contributed by atoms with Crippen LogP contribution in [0.1, 0.15) is 84.9 Å². The molecule has 1 aromatic heterocycles. The number of hydrogen-bond donors (Lipinski definition) is 1. The lowest BCUT2D eigenvalue weighted by Crippen LogP contribution is -2.40. The van der Waals surface area contributed by atoms with E-state index in [2.05, 4.69) is 25.8 Å². The molecule has 2 aliphatic heterocycles. The van der Waals surface area contributed by atoms with Crippen molar-refractivity contribution in [1.29, 1.82) is 0 Å². The second-order valence-electron chi connectivity index (χ2n) is 12.5. The first kappa shape index (κ1) is 27.5. The second-order valence-corrected chi connectivity index (χ2v) is 13.6. The predicted octanol–water partition coefficient (Wildman–Crippen LogP) is 5.61. The van der Waals surface area contributed by atoms with Crippen molar-refractivity contribution in [3.05, 3.63) is 21.7 Å². The van der Waals surface area contributed by atoms with Gasteiger partial charge in [-0.3, -0.25) is 9.59 Å². The third-order valence-corrected chi connectivity index (χ3v) is 10.0. The first-order valence-corrected chi connectivity index (χ1v) is 14.3. The highest BCUT2D eigenvalue weighted by Crippen LogP contribution is 2.59. The summed E-state index contributed by atoms with van der Waals surface area (Å²) in [6.07, 6.45) is 3.00. The van der Waals surface area contributed by atoms with Crippen LogP contribution in [0.2, 0.25) is 0 Å². The van der Waals surface area contributed by atoms with Gasteiger partial charge < -0.3 is 14.6 Å². The van der Waals surface area contributed by atoms with Gasteiger partial charge in [0.25, 0.3) is 0 Å². The van der Waals surface area contributed by atoms with E-state index < -0.39 is 23.5 Å². The number of carbonyl (C=O) groups is 2. The molecule has 3 heterocycles. The number of fused-ring (bicyclic) bond motifs is 2. The molecule has 0 aromatic carbocycles. The van der Waals surface area contributed by atoms with Crippen LogP contribution in [0.4, 0.5) is 0 Å². The number of aliphatic hydroxyl groups is 1. The minimum absolute atomic E-state index is 0.00989. The molecule has 6 nitrogen and oxygen atoms in total. The topological polar surface area (TPSA) is 89.0 Å².